The minimum absolute atomic E-state index is 0.117. The van der Waals surface area contributed by atoms with Crippen LogP contribution < -0.4 is 11.1 Å². The third kappa shape index (κ3) is 7.13. The zero-order valence-electron chi connectivity index (χ0n) is 15.2. The molecule has 0 bridgehead atoms. The van der Waals surface area contributed by atoms with Gasteiger partial charge in [-0.1, -0.05) is 18.6 Å². The lowest BCUT2D eigenvalue weighted by Crippen LogP contribution is -2.23. The Labute approximate surface area is 153 Å². The topological polar surface area (TPSA) is 77.2 Å². The number of anilines is 2. The van der Waals surface area contributed by atoms with Crippen molar-refractivity contribution in [1.82, 2.24) is 4.98 Å². The van der Waals surface area contributed by atoms with Crippen LogP contribution in [0, 0.1) is 0 Å². The smallest absolute Gasteiger partial charge is 0.306 e. The van der Waals surface area contributed by atoms with Crippen molar-refractivity contribution in [1.29, 1.82) is 0 Å². The molecule has 25 heavy (non-hydrogen) atoms. The van der Waals surface area contributed by atoms with Crippen LogP contribution in [0.3, 0.4) is 0 Å². The molecule has 0 saturated carbocycles. The van der Waals surface area contributed by atoms with E-state index in [0.717, 1.165) is 47.9 Å². The van der Waals surface area contributed by atoms with E-state index in [0.29, 0.717) is 6.42 Å². The lowest BCUT2D eigenvalue weighted by atomic mass is 10.1. The highest BCUT2D eigenvalue weighted by atomic mass is 32.1. The Balaban J connectivity index is 1.64. The van der Waals surface area contributed by atoms with Gasteiger partial charge in [-0.2, -0.15) is 0 Å². The number of thiazole rings is 1. The van der Waals surface area contributed by atoms with Crippen LogP contribution in [0.15, 0.2) is 29.6 Å². The van der Waals surface area contributed by atoms with Crippen molar-refractivity contribution in [2.45, 2.75) is 52.1 Å². The Morgan fingerprint density at radius 1 is 1.20 bits per heavy atom. The zero-order valence-corrected chi connectivity index (χ0v) is 16.0. The van der Waals surface area contributed by atoms with Crippen molar-refractivity contribution in [3.05, 3.63) is 29.6 Å². The number of unbranched alkanes of at least 4 members (excludes halogenated alkanes) is 2. The molecule has 1 heterocycles. The van der Waals surface area contributed by atoms with Crippen LogP contribution >= 0.6 is 11.3 Å². The lowest BCUT2D eigenvalue weighted by Gasteiger charge is -2.19. The van der Waals surface area contributed by atoms with Gasteiger partial charge < -0.3 is 15.8 Å². The molecule has 0 saturated heterocycles. The van der Waals surface area contributed by atoms with Crippen molar-refractivity contribution in [2.75, 3.05) is 17.6 Å². The number of ether oxygens (including phenoxy) is 1. The Bertz CT molecular complexity index is 675. The number of nitrogens with zero attached hydrogens (tertiary/aromatic N) is 1. The molecular formula is C19H27N3O2S. The van der Waals surface area contributed by atoms with Gasteiger partial charge in [0.15, 0.2) is 5.13 Å². The van der Waals surface area contributed by atoms with Gasteiger partial charge in [0.2, 0.25) is 0 Å². The number of nitrogen functional groups attached to an aromatic ring is 1. The van der Waals surface area contributed by atoms with Crippen LogP contribution in [0.1, 0.15) is 46.5 Å². The second-order valence-electron chi connectivity index (χ2n) is 6.98. The summed E-state index contributed by atoms with van der Waals surface area (Å²) in [6, 6.07) is 7.72. The Morgan fingerprint density at radius 2 is 1.92 bits per heavy atom. The normalized spacial score (nSPS) is 11.3. The average molecular weight is 362 g/mol. The van der Waals surface area contributed by atoms with Crippen LogP contribution in [0.5, 0.6) is 0 Å². The molecule has 2 aromatic rings. The highest BCUT2D eigenvalue weighted by molar-refractivity contribution is 7.14. The maximum absolute atomic E-state index is 11.6. The van der Waals surface area contributed by atoms with E-state index < -0.39 is 5.60 Å². The molecule has 2 rings (SSSR count). The molecule has 0 aliphatic heterocycles. The number of carbonyl (C=O) groups excluding carboxylic acids is 1. The summed E-state index contributed by atoms with van der Waals surface area (Å²) < 4.78 is 5.29. The molecule has 0 spiro atoms. The van der Waals surface area contributed by atoms with E-state index >= 15 is 0 Å². The van der Waals surface area contributed by atoms with Crippen LogP contribution in [0.2, 0.25) is 0 Å². The average Bonchev–Trinajstić information content (AvgIpc) is 2.98. The summed E-state index contributed by atoms with van der Waals surface area (Å²) in [4.78, 5) is 16.2. The van der Waals surface area contributed by atoms with Crippen molar-refractivity contribution in [3.8, 4) is 11.3 Å². The summed E-state index contributed by atoms with van der Waals surface area (Å²) in [5, 5.41) is 6.29. The van der Waals surface area contributed by atoms with Gasteiger partial charge in [-0.3, -0.25) is 4.79 Å². The molecule has 6 heteroatoms. The standard InChI is InChI=1S/C19H27N3O2S/c1-19(2,3)24-17(23)7-5-4-6-12-21-18-22-16(13-25-18)14-8-10-15(20)11-9-14/h8-11,13H,4-7,12,20H2,1-3H3,(H,21,22). The van der Waals surface area contributed by atoms with Gasteiger partial charge in [-0.05, 0) is 45.7 Å². The Morgan fingerprint density at radius 3 is 2.60 bits per heavy atom. The first-order valence-corrected chi connectivity index (χ1v) is 9.48. The third-order valence-electron chi connectivity index (χ3n) is 3.46. The van der Waals surface area contributed by atoms with Crippen molar-refractivity contribution >= 4 is 28.1 Å². The summed E-state index contributed by atoms with van der Waals surface area (Å²) in [5.74, 6) is -0.117. The molecule has 0 atom stereocenters. The van der Waals surface area contributed by atoms with Gasteiger partial charge in [0.05, 0.1) is 5.69 Å². The van der Waals surface area contributed by atoms with E-state index in [4.69, 9.17) is 10.5 Å². The largest absolute Gasteiger partial charge is 0.460 e. The van der Waals surface area contributed by atoms with Crippen LogP contribution in [0.25, 0.3) is 11.3 Å². The molecule has 0 unspecified atom stereocenters. The predicted octanol–water partition coefficient (Wildman–Crippen LogP) is 4.71. The number of esters is 1. The first-order chi connectivity index (χ1) is 11.8. The first kappa shape index (κ1) is 19.2. The summed E-state index contributed by atoms with van der Waals surface area (Å²) >= 11 is 1.60. The van der Waals surface area contributed by atoms with Gasteiger partial charge in [0.1, 0.15) is 5.60 Å². The SMILES string of the molecule is CC(C)(C)OC(=O)CCCCCNc1nc(-c2ccc(N)cc2)cs1. The second-order valence-corrected chi connectivity index (χ2v) is 7.84. The molecule has 1 aromatic carbocycles. The highest BCUT2D eigenvalue weighted by Gasteiger charge is 2.15. The molecule has 0 fully saturated rings. The van der Waals surface area contributed by atoms with E-state index in [1.807, 2.05) is 50.4 Å². The highest BCUT2D eigenvalue weighted by Crippen LogP contribution is 2.25. The molecule has 0 aliphatic rings. The van der Waals surface area contributed by atoms with Crippen molar-refractivity contribution in [3.63, 3.8) is 0 Å². The molecule has 3 N–H and O–H groups in total. The van der Waals surface area contributed by atoms with Gasteiger partial charge in [0.25, 0.3) is 0 Å². The maximum atomic E-state index is 11.6. The molecular weight excluding hydrogens is 334 g/mol. The summed E-state index contributed by atoms with van der Waals surface area (Å²) in [5.41, 5.74) is 8.08. The third-order valence-corrected chi connectivity index (χ3v) is 4.26. The number of benzene rings is 1. The molecule has 0 radical (unpaired) electrons. The first-order valence-electron chi connectivity index (χ1n) is 8.61. The number of hydrogen-bond acceptors (Lipinski definition) is 6. The fourth-order valence-corrected chi connectivity index (χ4v) is 3.05. The number of aromatic nitrogens is 1. The quantitative estimate of drug-likeness (QED) is 0.405. The number of nitrogens with one attached hydrogen (secondary N) is 1. The fourth-order valence-electron chi connectivity index (χ4n) is 2.30. The second kappa shape index (κ2) is 8.85. The van der Waals surface area contributed by atoms with E-state index in [-0.39, 0.29) is 5.97 Å². The lowest BCUT2D eigenvalue weighted by molar-refractivity contribution is -0.154. The molecule has 0 aliphatic carbocycles. The Hall–Kier alpha value is -2.08. The maximum Gasteiger partial charge on any atom is 0.306 e. The molecule has 1 aromatic heterocycles. The monoisotopic (exact) mass is 361 g/mol. The molecule has 0 amide bonds. The fraction of sp³-hybridized carbons (Fsp3) is 0.474. The minimum atomic E-state index is -0.397. The van der Waals surface area contributed by atoms with Crippen LogP contribution in [-0.2, 0) is 9.53 Å². The van der Waals surface area contributed by atoms with Crippen LogP contribution in [0.4, 0.5) is 10.8 Å². The van der Waals surface area contributed by atoms with Gasteiger partial charge in [-0.25, -0.2) is 4.98 Å². The number of nitrogens with two attached hydrogens (primary N) is 1. The van der Waals surface area contributed by atoms with E-state index in [2.05, 4.69) is 10.3 Å². The summed E-state index contributed by atoms with van der Waals surface area (Å²) in [7, 11) is 0. The summed E-state index contributed by atoms with van der Waals surface area (Å²) in [6.45, 7) is 6.52. The number of carbonyl (C=O) groups is 1. The van der Waals surface area contributed by atoms with Gasteiger partial charge in [0, 0.05) is 29.6 Å². The van der Waals surface area contributed by atoms with Crippen LogP contribution in [-0.4, -0.2) is 23.1 Å². The van der Waals surface area contributed by atoms with Gasteiger partial charge in [-0.15, -0.1) is 11.3 Å². The van der Waals surface area contributed by atoms with Gasteiger partial charge >= 0.3 is 5.97 Å². The minimum Gasteiger partial charge on any atom is -0.460 e. The molecule has 5 nitrogen and oxygen atoms in total. The number of rotatable bonds is 8. The van der Waals surface area contributed by atoms with Crippen molar-refractivity contribution < 1.29 is 9.53 Å². The predicted molar refractivity (Wildman–Crippen MR) is 105 cm³/mol. The number of hydrogen-bond donors (Lipinski definition) is 2. The van der Waals surface area contributed by atoms with Crippen molar-refractivity contribution in [2.24, 2.45) is 0 Å². The Kier molecular flexibility index (Phi) is 6.82. The van der Waals surface area contributed by atoms with E-state index in [1.165, 1.54) is 0 Å². The van der Waals surface area contributed by atoms with E-state index in [9.17, 15) is 4.79 Å². The summed E-state index contributed by atoms with van der Waals surface area (Å²) in [6.07, 6.45) is 3.32. The van der Waals surface area contributed by atoms with E-state index in [1.54, 1.807) is 11.3 Å². The zero-order chi connectivity index (χ0) is 18.3. The molecule has 136 valence electrons.